The lowest BCUT2D eigenvalue weighted by Crippen LogP contribution is -2.43. The van der Waals surface area contributed by atoms with E-state index in [1.165, 1.54) is 6.20 Å². The first-order valence-electron chi connectivity index (χ1n) is 10.2. The molecule has 1 aliphatic heterocycles. The maximum absolute atomic E-state index is 13.2. The summed E-state index contributed by atoms with van der Waals surface area (Å²) in [6, 6.07) is 1.04. The van der Waals surface area contributed by atoms with E-state index >= 15 is 0 Å². The second-order valence-electron chi connectivity index (χ2n) is 8.21. The molecule has 9 heteroatoms. The molecule has 4 rings (SSSR count). The number of allylic oxidation sites excluding steroid dienone is 1. The highest BCUT2D eigenvalue weighted by atomic mass is 19.4. The molecule has 0 aromatic carbocycles. The average Bonchev–Trinajstić information content (AvgIpc) is 3.45. The molecule has 0 atom stereocenters. The Hall–Kier alpha value is -2.55. The van der Waals surface area contributed by atoms with E-state index in [9.17, 15) is 13.2 Å². The van der Waals surface area contributed by atoms with Crippen molar-refractivity contribution in [1.29, 1.82) is 0 Å². The lowest BCUT2D eigenvalue weighted by Gasteiger charge is -2.35. The Morgan fingerprint density at radius 1 is 1.23 bits per heavy atom. The average molecular weight is 420 g/mol. The zero-order valence-corrected chi connectivity index (χ0v) is 17.1. The number of rotatable bonds is 6. The van der Waals surface area contributed by atoms with Gasteiger partial charge in [-0.25, -0.2) is 9.97 Å². The van der Waals surface area contributed by atoms with Gasteiger partial charge in [-0.3, -0.25) is 0 Å². The molecular weight excluding hydrogens is 393 g/mol. The number of aromatic nitrogens is 3. The van der Waals surface area contributed by atoms with Crippen LogP contribution in [0.25, 0.3) is 11.3 Å². The molecule has 0 bridgehead atoms. The highest BCUT2D eigenvalue weighted by molar-refractivity contribution is 5.62. The van der Waals surface area contributed by atoms with E-state index in [1.54, 1.807) is 0 Å². The smallest absolute Gasteiger partial charge is 0.383 e. The van der Waals surface area contributed by atoms with Gasteiger partial charge in [-0.05, 0) is 26.0 Å². The minimum atomic E-state index is -4.55. The normalized spacial score (nSPS) is 18.1. The molecule has 0 spiro atoms. The second-order valence-corrected chi connectivity index (χ2v) is 8.21. The third-order valence-corrected chi connectivity index (χ3v) is 5.86. The van der Waals surface area contributed by atoms with Gasteiger partial charge in [-0.1, -0.05) is 6.58 Å². The minimum Gasteiger partial charge on any atom is -0.383 e. The van der Waals surface area contributed by atoms with Gasteiger partial charge in [0.2, 0.25) is 0 Å². The van der Waals surface area contributed by atoms with Gasteiger partial charge in [0.25, 0.3) is 0 Å². The van der Waals surface area contributed by atoms with Crippen LogP contribution < -0.4 is 5.73 Å². The topological polar surface area (TPSA) is 63.2 Å². The van der Waals surface area contributed by atoms with Crippen molar-refractivity contribution in [3.05, 3.63) is 42.1 Å². The molecule has 1 saturated carbocycles. The van der Waals surface area contributed by atoms with E-state index in [4.69, 9.17) is 5.73 Å². The van der Waals surface area contributed by atoms with Gasteiger partial charge in [0.15, 0.2) is 0 Å². The Bertz CT molecular complexity index is 923. The Morgan fingerprint density at radius 3 is 2.57 bits per heavy atom. The number of imidazole rings is 1. The highest BCUT2D eigenvalue weighted by Gasteiger charge is 2.35. The van der Waals surface area contributed by atoms with Gasteiger partial charge in [-0.2, -0.15) is 13.2 Å². The van der Waals surface area contributed by atoms with Gasteiger partial charge < -0.3 is 20.1 Å². The van der Waals surface area contributed by atoms with Gasteiger partial charge >= 0.3 is 6.18 Å². The molecule has 6 nitrogen and oxygen atoms in total. The summed E-state index contributed by atoms with van der Waals surface area (Å²) in [7, 11) is 2.12. The SMILES string of the molecule is C=C(CCn1cc(-c2cnc(N)c(C(F)(F)F)c2)nc1C1CC1)N1CCN(C)CC1. The Balaban J connectivity index is 1.52. The van der Waals surface area contributed by atoms with Crippen LogP contribution in [0.15, 0.2) is 30.7 Å². The van der Waals surface area contributed by atoms with Gasteiger partial charge in [-0.15, -0.1) is 0 Å². The van der Waals surface area contributed by atoms with Crippen LogP contribution in [0.4, 0.5) is 19.0 Å². The van der Waals surface area contributed by atoms with E-state index < -0.39 is 17.6 Å². The van der Waals surface area contributed by atoms with Crippen LogP contribution in [0.2, 0.25) is 0 Å². The summed E-state index contributed by atoms with van der Waals surface area (Å²) in [6.45, 7) is 8.93. The number of aryl methyl sites for hydroxylation is 1. The van der Waals surface area contributed by atoms with E-state index in [2.05, 4.69) is 38.0 Å². The summed E-state index contributed by atoms with van der Waals surface area (Å²) in [5, 5.41) is 0. The molecular formula is C21H27F3N6. The summed E-state index contributed by atoms with van der Waals surface area (Å²) < 4.78 is 41.7. The van der Waals surface area contributed by atoms with Crippen LogP contribution in [0.3, 0.4) is 0 Å². The Labute approximate surface area is 174 Å². The van der Waals surface area contributed by atoms with Crippen molar-refractivity contribution < 1.29 is 13.2 Å². The lowest BCUT2D eigenvalue weighted by molar-refractivity contribution is -0.137. The monoisotopic (exact) mass is 420 g/mol. The lowest BCUT2D eigenvalue weighted by atomic mass is 10.1. The number of hydrogen-bond acceptors (Lipinski definition) is 5. The maximum Gasteiger partial charge on any atom is 0.419 e. The summed E-state index contributed by atoms with van der Waals surface area (Å²) in [5.41, 5.74) is 6.43. The van der Waals surface area contributed by atoms with E-state index in [1.807, 2.05) is 6.20 Å². The number of halogens is 3. The van der Waals surface area contributed by atoms with Gasteiger partial charge in [0, 0.05) is 68.7 Å². The fourth-order valence-corrected chi connectivity index (χ4v) is 3.79. The molecule has 0 radical (unpaired) electrons. The Kier molecular flexibility index (Phi) is 5.48. The van der Waals surface area contributed by atoms with Crippen molar-refractivity contribution in [2.24, 2.45) is 0 Å². The van der Waals surface area contributed by atoms with Crippen molar-refractivity contribution in [3.63, 3.8) is 0 Å². The maximum atomic E-state index is 13.2. The predicted octanol–water partition coefficient (Wildman–Crippen LogP) is 3.57. The number of nitrogen functional groups attached to an aromatic ring is 1. The quantitative estimate of drug-likeness (QED) is 0.774. The van der Waals surface area contributed by atoms with Gasteiger partial charge in [0.1, 0.15) is 11.6 Å². The summed E-state index contributed by atoms with van der Waals surface area (Å²) in [6.07, 6.45) is 1.55. The first-order chi connectivity index (χ1) is 14.2. The van der Waals surface area contributed by atoms with E-state index in [-0.39, 0.29) is 0 Å². The molecule has 2 aromatic heterocycles. The molecule has 162 valence electrons. The number of pyridine rings is 1. The molecule has 1 aliphatic carbocycles. The van der Waals surface area contributed by atoms with Crippen molar-refractivity contribution in [3.8, 4) is 11.3 Å². The number of anilines is 1. The molecule has 30 heavy (non-hydrogen) atoms. The number of likely N-dealkylation sites (N-methyl/N-ethyl adjacent to an activating group) is 1. The second kappa shape index (κ2) is 7.94. The summed E-state index contributed by atoms with van der Waals surface area (Å²) in [5.74, 6) is 0.789. The molecule has 2 N–H and O–H groups in total. The van der Waals surface area contributed by atoms with Crippen molar-refractivity contribution in [1.82, 2.24) is 24.3 Å². The van der Waals surface area contributed by atoms with Crippen molar-refractivity contribution in [2.75, 3.05) is 39.0 Å². The number of piperazine rings is 1. The predicted molar refractivity (Wildman–Crippen MR) is 110 cm³/mol. The fourth-order valence-electron chi connectivity index (χ4n) is 3.79. The van der Waals surface area contributed by atoms with Crippen molar-refractivity contribution in [2.45, 2.75) is 37.9 Å². The zero-order chi connectivity index (χ0) is 21.5. The number of nitrogens with two attached hydrogens (primary N) is 1. The number of nitrogens with zero attached hydrogens (tertiary/aromatic N) is 5. The number of alkyl halides is 3. The first-order valence-corrected chi connectivity index (χ1v) is 10.2. The van der Waals surface area contributed by atoms with Crippen LogP contribution >= 0.6 is 0 Å². The zero-order valence-electron chi connectivity index (χ0n) is 17.1. The third kappa shape index (κ3) is 4.45. The molecule has 1 saturated heterocycles. The molecule has 2 fully saturated rings. The molecule has 2 aromatic rings. The van der Waals surface area contributed by atoms with Crippen LogP contribution in [-0.4, -0.2) is 57.6 Å². The van der Waals surface area contributed by atoms with Crippen LogP contribution in [0, 0.1) is 0 Å². The van der Waals surface area contributed by atoms with Crippen LogP contribution in [0.5, 0.6) is 0 Å². The number of hydrogen-bond donors (Lipinski definition) is 1. The minimum absolute atomic E-state index is 0.329. The molecule has 2 aliphatic rings. The summed E-state index contributed by atoms with van der Waals surface area (Å²) in [4.78, 5) is 13.0. The highest BCUT2D eigenvalue weighted by Crippen LogP contribution is 2.41. The van der Waals surface area contributed by atoms with E-state index in [0.717, 1.165) is 63.0 Å². The van der Waals surface area contributed by atoms with Gasteiger partial charge in [0.05, 0.1) is 11.3 Å². The molecule has 0 unspecified atom stereocenters. The first kappa shape index (κ1) is 20.7. The standard InChI is InChI=1S/C21H27F3N6/c1-14(29-9-7-28(2)8-10-29)5-6-30-13-18(27-20(30)15-3-4-15)16-11-17(21(22,23)24)19(25)26-12-16/h11-13,15H,1,3-10H2,2H3,(H2,25,26). The van der Waals surface area contributed by atoms with Crippen molar-refractivity contribution >= 4 is 5.82 Å². The molecule has 0 amide bonds. The van der Waals surface area contributed by atoms with Crippen LogP contribution in [-0.2, 0) is 12.7 Å². The third-order valence-electron chi connectivity index (χ3n) is 5.86. The van der Waals surface area contributed by atoms with E-state index in [0.29, 0.717) is 23.7 Å². The largest absolute Gasteiger partial charge is 0.419 e. The Morgan fingerprint density at radius 2 is 1.93 bits per heavy atom. The van der Waals surface area contributed by atoms with Crippen LogP contribution in [0.1, 0.15) is 36.6 Å². The molecule has 3 heterocycles. The fraction of sp³-hybridized carbons (Fsp3) is 0.524. The summed E-state index contributed by atoms with van der Waals surface area (Å²) >= 11 is 0.